The number of aromatic nitrogens is 2. The Morgan fingerprint density at radius 2 is 2.24 bits per heavy atom. The van der Waals surface area contributed by atoms with Gasteiger partial charge in [-0.3, -0.25) is 10.1 Å². The highest BCUT2D eigenvalue weighted by Gasteiger charge is 2.12. The van der Waals surface area contributed by atoms with E-state index >= 15 is 0 Å². The number of hydrogen-bond donors (Lipinski definition) is 0. The lowest BCUT2D eigenvalue weighted by molar-refractivity contribution is -0.384. The summed E-state index contributed by atoms with van der Waals surface area (Å²) in [6, 6.07) is 4.47. The van der Waals surface area contributed by atoms with Crippen molar-refractivity contribution in [3.63, 3.8) is 0 Å². The number of imidazole rings is 1. The van der Waals surface area contributed by atoms with Crippen LogP contribution in [-0.2, 0) is 0 Å². The van der Waals surface area contributed by atoms with Gasteiger partial charge in [-0.15, -0.1) is 0 Å². The summed E-state index contributed by atoms with van der Waals surface area (Å²) in [4.78, 5) is 14.3. The highest BCUT2D eigenvalue weighted by Crippen LogP contribution is 2.27. The first-order valence-electron chi connectivity index (χ1n) is 4.95. The molecule has 2 rings (SSSR count). The van der Waals surface area contributed by atoms with Gasteiger partial charge >= 0.3 is 0 Å². The van der Waals surface area contributed by atoms with Crippen LogP contribution >= 0.6 is 0 Å². The lowest BCUT2D eigenvalue weighted by atomic mass is 10.2. The molecular weight excluding hydrogens is 222 g/mol. The van der Waals surface area contributed by atoms with E-state index in [1.165, 1.54) is 19.2 Å². The van der Waals surface area contributed by atoms with E-state index < -0.39 is 4.92 Å². The van der Waals surface area contributed by atoms with E-state index in [0.717, 1.165) is 11.4 Å². The molecule has 1 aromatic heterocycles. The lowest BCUT2D eigenvalue weighted by Crippen LogP contribution is -1.97. The van der Waals surface area contributed by atoms with Crippen LogP contribution in [0.15, 0.2) is 30.7 Å². The Morgan fingerprint density at radius 1 is 1.47 bits per heavy atom. The van der Waals surface area contributed by atoms with Crippen molar-refractivity contribution in [1.82, 2.24) is 9.55 Å². The highest BCUT2D eigenvalue weighted by molar-refractivity contribution is 5.53. The number of nitro benzene ring substituents is 1. The standard InChI is InChI=1S/C11H11N3O3/c1-8-6-13(7-12-8)10-4-3-9(14(15)16)5-11(10)17-2/h3-7H,1-2H3. The van der Waals surface area contributed by atoms with Crippen molar-refractivity contribution in [2.75, 3.05) is 7.11 Å². The highest BCUT2D eigenvalue weighted by atomic mass is 16.6. The fraction of sp³-hybridized carbons (Fsp3) is 0.182. The molecule has 0 saturated heterocycles. The molecule has 88 valence electrons. The summed E-state index contributed by atoms with van der Waals surface area (Å²) < 4.78 is 6.91. The van der Waals surface area contributed by atoms with Crippen molar-refractivity contribution in [2.45, 2.75) is 6.92 Å². The Bertz CT molecular complexity index is 563. The number of hydrogen-bond acceptors (Lipinski definition) is 4. The Kier molecular flexibility index (Phi) is 2.78. The number of benzene rings is 1. The molecule has 0 radical (unpaired) electrons. The topological polar surface area (TPSA) is 70.2 Å². The summed E-state index contributed by atoms with van der Waals surface area (Å²) in [6.07, 6.45) is 3.46. The molecule has 0 unspecified atom stereocenters. The molecule has 2 aromatic rings. The van der Waals surface area contributed by atoms with Gasteiger partial charge in [0.05, 0.1) is 35.8 Å². The number of aryl methyl sites for hydroxylation is 1. The number of nitro groups is 1. The van der Waals surface area contributed by atoms with Crippen molar-refractivity contribution in [2.24, 2.45) is 0 Å². The van der Waals surface area contributed by atoms with Gasteiger partial charge in [0.15, 0.2) is 0 Å². The van der Waals surface area contributed by atoms with Gasteiger partial charge in [0.25, 0.3) is 5.69 Å². The van der Waals surface area contributed by atoms with Crippen molar-refractivity contribution in [1.29, 1.82) is 0 Å². The van der Waals surface area contributed by atoms with E-state index in [0.29, 0.717) is 5.75 Å². The van der Waals surface area contributed by atoms with E-state index in [2.05, 4.69) is 4.98 Å². The Balaban J connectivity index is 2.51. The third-order valence-electron chi connectivity index (χ3n) is 2.36. The molecule has 0 saturated carbocycles. The van der Waals surface area contributed by atoms with Crippen molar-refractivity contribution in [3.05, 3.63) is 46.5 Å². The van der Waals surface area contributed by atoms with Crippen LogP contribution < -0.4 is 4.74 Å². The van der Waals surface area contributed by atoms with Gasteiger partial charge in [-0.05, 0) is 13.0 Å². The largest absolute Gasteiger partial charge is 0.494 e. The number of ether oxygens (including phenoxy) is 1. The fourth-order valence-electron chi connectivity index (χ4n) is 1.55. The molecule has 0 aliphatic rings. The molecule has 17 heavy (non-hydrogen) atoms. The summed E-state index contributed by atoms with van der Waals surface area (Å²) in [5.74, 6) is 0.441. The maximum absolute atomic E-state index is 10.7. The molecule has 0 amide bonds. The minimum atomic E-state index is -0.453. The molecule has 0 N–H and O–H groups in total. The predicted octanol–water partition coefficient (Wildman–Crippen LogP) is 2.10. The van der Waals surface area contributed by atoms with Gasteiger partial charge in [0.1, 0.15) is 5.75 Å². The zero-order chi connectivity index (χ0) is 12.4. The average molecular weight is 233 g/mol. The van der Waals surface area contributed by atoms with Gasteiger partial charge in [0.2, 0.25) is 0 Å². The SMILES string of the molecule is COc1cc([N+](=O)[O-])ccc1-n1cnc(C)c1. The first kappa shape index (κ1) is 11.1. The Morgan fingerprint density at radius 3 is 2.76 bits per heavy atom. The van der Waals surface area contributed by atoms with Crippen LogP contribution in [0.4, 0.5) is 5.69 Å². The summed E-state index contributed by atoms with van der Waals surface area (Å²) in [7, 11) is 1.48. The maximum Gasteiger partial charge on any atom is 0.273 e. The molecule has 0 aliphatic carbocycles. The summed E-state index contributed by atoms with van der Waals surface area (Å²) in [5, 5.41) is 10.7. The van der Waals surface area contributed by atoms with E-state index in [1.54, 1.807) is 17.0 Å². The third kappa shape index (κ3) is 2.10. The smallest absolute Gasteiger partial charge is 0.273 e. The van der Waals surface area contributed by atoms with Gasteiger partial charge in [-0.1, -0.05) is 0 Å². The number of non-ortho nitro benzene ring substituents is 1. The minimum Gasteiger partial charge on any atom is -0.494 e. The van der Waals surface area contributed by atoms with Crippen molar-refractivity contribution in [3.8, 4) is 11.4 Å². The first-order valence-corrected chi connectivity index (χ1v) is 4.95. The van der Waals surface area contributed by atoms with Crippen molar-refractivity contribution < 1.29 is 9.66 Å². The van der Waals surface area contributed by atoms with E-state index in [4.69, 9.17) is 4.74 Å². The Hall–Kier alpha value is -2.37. The molecule has 0 spiro atoms. The second-order valence-corrected chi connectivity index (χ2v) is 3.54. The zero-order valence-electron chi connectivity index (χ0n) is 9.45. The maximum atomic E-state index is 10.7. The van der Waals surface area contributed by atoms with Crippen LogP contribution in [0.25, 0.3) is 5.69 Å². The molecule has 0 bridgehead atoms. The van der Waals surface area contributed by atoms with Crippen LogP contribution in [0.3, 0.4) is 0 Å². The summed E-state index contributed by atoms with van der Waals surface area (Å²) in [5.41, 5.74) is 1.59. The van der Waals surface area contributed by atoms with E-state index in [1.807, 2.05) is 13.1 Å². The fourth-order valence-corrected chi connectivity index (χ4v) is 1.55. The van der Waals surface area contributed by atoms with Gasteiger partial charge in [0, 0.05) is 12.3 Å². The van der Waals surface area contributed by atoms with Crippen LogP contribution in [0.5, 0.6) is 5.75 Å². The van der Waals surface area contributed by atoms with E-state index in [-0.39, 0.29) is 5.69 Å². The third-order valence-corrected chi connectivity index (χ3v) is 2.36. The zero-order valence-corrected chi connectivity index (χ0v) is 9.45. The quantitative estimate of drug-likeness (QED) is 0.601. The monoisotopic (exact) mass is 233 g/mol. The van der Waals surface area contributed by atoms with Gasteiger partial charge < -0.3 is 9.30 Å². The number of rotatable bonds is 3. The van der Waals surface area contributed by atoms with Gasteiger partial charge in [-0.25, -0.2) is 4.98 Å². The first-order chi connectivity index (χ1) is 8.11. The molecule has 6 nitrogen and oxygen atoms in total. The lowest BCUT2D eigenvalue weighted by Gasteiger charge is -2.08. The molecular formula is C11H11N3O3. The van der Waals surface area contributed by atoms with Crippen LogP contribution in [0, 0.1) is 17.0 Å². The minimum absolute atomic E-state index is 0.00226. The summed E-state index contributed by atoms with van der Waals surface area (Å²) >= 11 is 0. The molecule has 1 aromatic carbocycles. The van der Waals surface area contributed by atoms with Crippen LogP contribution in [-0.4, -0.2) is 21.6 Å². The molecule has 1 heterocycles. The van der Waals surface area contributed by atoms with Crippen LogP contribution in [0.2, 0.25) is 0 Å². The van der Waals surface area contributed by atoms with Crippen molar-refractivity contribution >= 4 is 5.69 Å². The van der Waals surface area contributed by atoms with Gasteiger partial charge in [-0.2, -0.15) is 0 Å². The molecule has 0 aliphatic heterocycles. The average Bonchev–Trinajstić information content (AvgIpc) is 2.74. The molecule has 0 fully saturated rings. The second-order valence-electron chi connectivity index (χ2n) is 3.54. The summed E-state index contributed by atoms with van der Waals surface area (Å²) in [6.45, 7) is 1.87. The molecule has 6 heteroatoms. The number of methoxy groups -OCH3 is 1. The van der Waals surface area contributed by atoms with E-state index in [9.17, 15) is 10.1 Å². The molecule has 0 atom stereocenters. The normalized spacial score (nSPS) is 10.2. The Labute approximate surface area is 97.6 Å². The number of nitrogens with zero attached hydrogens (tertiary/aromatic N) is 3. The predicted molar refractivity (Wildman–Crippen MR) is 61.5 cm³/mol. The second kappa shape index (κ2) is 4.25. The van der Waals surface area contributed by atoms with Crippen LogP contribution in [0.1, 0.15) is 5.69 Å².